The fraction of sp³-hybridized carbons (Fsp3) is 0.261. The monoisotopic (exact) mass is 482 g/mol. The lowest BCUT2D eigenvalue weighted by Gasteiger charge is -2.10. The summed E-state index contributed by atoms with van der Waals surface area (Å²) < 4.78 is 15.3. The van der Waals surface area contributed by atoms with Crippen LogP contribution in [0.4, 0.5) is 9.52 Å². The van der Waals surface area contributed by atoms with Gasteiger partial charge in [0.25, 0.3) is 0 Å². The largest absolute Gasteiger partial charge is 0.300 e. The van der Waals surface area contributed by atoms with Gasteiger partial charge < -0.3 is 0 Å². The number of hydrogen-bond acceptors (Lipinski definition) is 7. The van der Waals surface area contributed by atoms with Crippen molar-refractivity contribution in [1.29, 1.82) is 0 Å². The maximum absolute atomic E-state index is 13.4. The summed E-state index contributed by atoms with van der Waals surface area (Å²) >= 11 is 2.69. The van der Waals surface area contributed by atoms with Crippen LogP contribution in [-0.2, 0) is 4.79 Å². The van der Waals surface area contributed by atoms with E-state index in [-0.39, 0.29) is 17.5 Å². The zero-order valence-electron chi connectivity index (χ0n) is 18.2. The number of carbonyl (C=O) groups excluding carboxylic acids is 1. The number of nitrogens with one attached hydrogen (secondary N) is 1. The van der Waals surface area contributed by atoms with Crippen molar-refractivity contribution in [3.05, 3.63) is 65.4 Å². The first-order chi connectivity index (χ1) is 16.1. The molecule has 0 unspecified atom stereocenters. The molecule has 4 rings (SSSR count). The molecule has 7 nitrogen and oxygen atoms in total. The fourth-order valence-corrected chi connectivity index (χ4v) is 5.11. The molecule has 0 bridgehead atoms. The number of benzene rings is 2. The summed E-state index contributed by atoms with van der Waals surface area (Å²) in [5, 5.41) is 21.8. The van der Waals surface area contributed by atoms with Crippen molar-refractivity contribution in [3.63, 3.8) is 0 Å². The average Bonchev–Trinajstić information content (AvgIpc) is 3.47. The Bertz CT molecular complexity index is 1210. The number of nitrogens with zero attached hydrogens (tertiary/aromatic N) is 5. The highest BCUT2D eigenvalue weighted by Crippen LogP contribution is 2.30. The molecule has 1 N–H and O–H groups in total. The maximum atomic E-state index is 13.4. The maximum Gasteiger partial charge on any atom is 0.236 e. The van der Waals surface area contributed by atoms with E-state index in [1.165, 1.54) is 35.2 Å². The molecule has 170 valence electrons. The molecular weight excluding hydrogens is 459 g/mol. The lowest BCUT2D eigenvalue weighted by atomic mass is 10.1. The van der Waals surface area contributed by atoms with Gasteiger partial charge in [-0.1, -0.05) is 55.1 Å². The van der Waals surface area contributed by atoms with Gasteiger partial charge in [-0.05, 0) is 49.2 Å². The summed E-state index contributed by atoms with van der Waals surface area (Å²) in [4.78, 5) is 12.6. The number of anilines is 1. The first kappa shape index (κ1) is 23.1. The van der Waals surface area contributed by atoms with Crippen molar-refractivity contribution < 1.29 is 9.18 Å². The Hall–Kier alpha value is -3.11. The molecule has 0 aliphatic rings. The van der Waals surface area contributed by atoms with Gasteiger partial charge in [0.15, 0.2) is 11.0 Å². The van der Waals surface area contributed by atoms with E-state index >= 15 is 0 Å². The molecule has 4 aromatic rings. The highest BCUT2D eigenvalue weighted by Gasteiger charge is 2.19. The molecule has 2 heterocycles. The molecule has 0 fully saturated rings. The molecule has 0 saturated heterocycles. The van der Waals surface area contributed by atoms with Crippen LogP contribution in [0.15, 0.2) is 59.8 Å². The number of halogens is 1. The Kier molecular flexibility index (Phi) is 7.46. The molecular formula is C23H23FN6OS2. The Morgan fingerprint density at radius 3 is 2.45 bits per heavy atom. The predicted octanol–water partition coefficient (Wildman–Crippen LogP) is 5.56. The minimum atomic E-state index is -0.320. The van der Waals surface area contributed by atoms with Gasteiger partial charge in [0.05, 0.1) is 5.75 Å². The molecule has 0 spiro atoms. The van der Waals surface area contributed by atoms with E-state index in [9.17, 15) is 9.18 Å². The van der Waals surface area contributed by atoms with Crippen LogP contribution in [-0.4, -0.2) is 36.6 Å². The van der Waals surface area contributed by atoms with Crippen molar-refractivity contribution in [2.75, 3.05) is 11.1 Å². The lowest BCUT2D eigenvalue weighted by Crippen LogP contribution is -2.14. The second kappa shape index (κ2) is 10.7. The molecule has 0 radical (unpaired) electrons. The van der Waals surface area contributed by atoms with Crippen molar-refractivity contribution in [1.82, 2.24) is 25.0 Å². The van der Waals surface area contributed by atoms with E-state index in [1.54, 1.807) is 12.1 Å². The summed E-state index contributed by atoms with van der Waals surface area (Å²) in [6, 6.07) is 15.7. The molecule has 0 atom stereocenters. The van der Waals surface area contributed by atoms with E-state index in [1.807, 2.05) is 34.9 Å². The minimum absolute atomic E-state index is 0.133. The zero-order valence-corrected chi connectivity index (χ0v) is 19.9. The van der Waals surface area contributed by atoms with Gasteiger partial charge in [0, 0.05) is 17.2 Å². The summed E-state index contributed by atoms with van der Waals surface area (Å²) in [5.74, 6) is 0.548. The van der Waals surface area contributed by atoms with Crippen LogP contribution >= 0.6 is 23.1 Å². The van der Waals surface area contributed by atoms with Gasteiger partial charge in [-0.2, -0.15) is 0 Å². The summed E-state index contributed by atoms with van der Waals surface area (Å²) in [5.41, 5.74) is 1.58. The summed E-state index contributed by atoms with van der Waals surface area (Å²) in [6.07, 6.45) is 1.97. The van der Waals surface area contributed by atoms with Crippen molar-refractivity contribution in [2.45, 2.75) is 37.8 Å². The third kappa shape index (κ3) is 5.45. The van der Waals surface area contributed by atoms with Crippen molar-refractivity contribution in [3.8, 4) is 17.1 Å². The minimum Gasteiger partial charge on any atom is -0.300 e. The van der Waals surface area contributed by atoms with Gasteiger partial charge in [-0.3, -0.25) is 14.7 Å². The third-order valence-corrected chi connectivity index (χ3v) is 7.03. The topological polar surface area (TPSA) is 85.6 Å². The number of para-hydroxylation sites is 1. The van der Waals surface area contributed by atoms with Crippen LogP contribution in [0.2, 0.25) is 0 Å². The fourth-order valence-electron chi connectivity index (χ4n) is 3.33. The Morgan fingerprint density at radius 2 is 1.76 bits per heavy atom. The Balaban J connectivity index is 1.51. The smallest absolute Gasteiger partial charge is 0.236 e. The number of carbonyl (C=O) groups is 1. The molecule has 2 aromatic carbocycles. The van der Waals surface area contributed by atoms with Crippen LogP contribution in [0.5, 0.6) is 0 Å². The van der Waals surface area contributed by atoms with Gasteiger partial charge in [-0.15, -0.1) is 20.4 Å². The van der Waals surface area contributed by atoms with Crippen LogP contribution < -0.4 is 5.32 Å². The van der Waals surface area contributed by atoms with Crippen LogP contribution in [0.1, 0.15) is 37.6 Å². The molecule has 0 saturated carbocycles. The molecule has 10 heteroatoms. The zero-order chi connectivity index (χ0) is 23.2. The second-order valence-electron chi connectivity index (χ2n) is 7.28. The van der Waals surface area contributed by atoms with Crippen molar-refractivity contribution >= 4 is 34.1 Å². The van der Waals surface area contributed by atoms with E-state index in [0.717, 1.165) is 29.1 Å². The molecule has 2 aromatic heterocycles. The second-order valence-corrected chi connectivity index (χ2v) is 9.23. The van der Waals surface area contributed by atoms with Crippen LogP contribution in [0.3, 0.4) is 0 Å². The molecule has 0 aliphatic heterocycles. The molecule has 0 aliphatic carbocycles. The predicted molar refractivity (Wildman–Crippen MR) is 129 cm³/mol. The number of amides is 1. The van der Waals surface area contributed by atoms with Crippen LogP contribution in [0, 0.1) is 5.82 Å². The van der Waals surface area contributed by atoms with E-state index in [4.69, 9.17) is 0 Å². The van der Waals surface area contributed by atoms with Gasteiger partial charge in [0.2, 0.25) is 11.0 Å². The molecule has 33 heavy (non-hydrogen) atoms. The lowest BCUT2D eigenvalue weighted by molar-refractivity contribution is -0.113. The third-order valence-electron chi connectivity index (χ3n) is 5.10. The number of rotatable bonds is 9. The van der Waals surface area contributed by atoms with E-state index < -0.39 is 0 Å². The van der Waals surface area contributed by atoms with Gasteiger partial charge in [-0.25, -0.2) is 4.39 Å². The summed E-state index contributed by atoms with van der Waals surface area (Å²) in [7, 11) is 0. The highest BCUT2D eigenvalue weighted by molar-refractivity contribution is 7.99. The highest BCUT2D eigenvalue weighted by atomic mass is 32.2. The Morgan fingerprint density at radius 1 is 1.03 bits per heavy atom. The first-order valence-electron chi connectivity index (χ1n) is 10.6. The quantitative estimate of drug-likeness (QED) is 0.314. The van der Waals surface area contributed by atoms with Gasteiger partial charge >= 0.3 is 0 Å². The summed E-state index contributed by atoms with van der Waals surface area (Å²) in [6.45, 7) is 4.24. The van der Waals surface area contributed by atoms with E-state index in [2.05, 4.69) is 39.6 Å². The number of aromatic nitrogens is 5. The normalized spacial score (nSPS) is 11.2. The van der Waals surface area contributed by atoms with Crippen molar-refractivity contribution in [2.24, 2.45) is 0 Å². The SMILES string of the molecule is CCC(CC)c1nnc(NC(=O)CSc2nnc(-c3ccc(F)cc3)n2-c2ccccc2)s1. The Labute approximate surface area is 199 Å². The standard InChI is InChI=1S/C23H23FN6OS2/c1-3-15(4-2)21-27-28-22(33-21)25-19(31)14-32-23-29-26-20(16-10-12-17(24)13-11-16)30(23)18-8-6-5-7-9-18/h5-13,15H,3-4,14H2,1-2H3,(H,25,28,31). The van der Waals surface area contributed by atoms with Gasteiger partial charge in [0.1, 0.15) is 10.8 Å². The molecule has 1 amide bonds. The van der Waals surface area contributed by atoms with Crippen LogP contribution in [0.25, 0.3) is 17.1 Å². The average molecular weight is 483 g/mol. The number of hydrogen-bond donors (Lipinski definition) is 1. The van der Waals surface area contributed by atoms with E-state index in [0.29, 0.717) is 22.0 Å². The number of thioether (sulfide) groups is 1. The first-order valence-corrected chi connectivity index (χ1v) is 12.4.